The molecular formula is C22H20O2. The monoisotopic (exact) mass is 316 g/mol. The molecule has 0 bridgehead atoms. The fourth-order valence-corrected chi connectivity index (χ4v) is 3.28. The summed E-state index contributed by atoms with van der Waals surface area (Å²) in [5.41, 5.74) is 3.11. The van der Waals surface area contributed by atoms with Crippen LogP contribution in [0.1, 0.15) is 30.4 Å². The predicted molar refractivity (Wildman–Crippen MR) is 96.5 cm³/mol. The molecule has 2 heteroatoms. The van der Waals surface area contributed by atoms with Gasteiger partial charge in [-0.25, -0.2) is 0 Å². The van der Waals surface area contributed by atoms with Crippen molar-refractivity contribution in [1.82, 2.24) is 0 Å². The van der Waals surface area contributed by atoms with E-state index >= 15 is 0 Å². The van der Waals surface area contributed by atoms with Crippen LogP contribution in [0.25, 0.3) is 6.08 Å². The Kier molecular flexibility index (Phi) is 4.85. The molecule has 0 saturated heterocycles. The van der Waals surface area contributed by atoms with Gasteiger partial charge in [0.05, 0.1) is 5.92 Å². The smallest absolute Gasteiger partial charge is 0.167 e. The summed E-state index contributed by atoms with van der Waals surface area (Å²) >= 11 is 0. The number of ketones is 2. The van der Waals surface area contributed by atoms with Crippen molar-refractivity contribution in [1.29, 1.82) is 0 Å². The van der Waals surface area contributed by atoms with Crippen molar-refractivity contribution in [3.63, 3.8) is 0 Å². The van der Waals surface area contributed by atoms with E-state index in [9.17, 15) is 9.59 Å². The van der Waals surface area contributed by atoms with Gasteiger partial charge in [0, 0.05) is 5.92 Å². The minimum atomic E-state index is -0.568. The molecule has 2 nitrogen and oxygen atoms in total. The Morgan fingerprint density at radius 3 is 2.21 bits per heavy atom. The van der Waals surface area contributed by atoms with E-state index < -0.39 is 5.92 Å². The number of hydrogen-bond donors (Lipinski definition) is 0. The number of allylic oxidation sites excluding steroid dienone is 3. The van der Waals surface area contributed by atoms with Crippen molar-refractivity contribution in [2.75, 3.05) is 0 Å². The summed E-state index contributed by atoms with van der Waals surface area (Å²) < 4.78 is 0. The summed E-state index contributed by atoms with van der Waals surface area (Å²) in [5, 5.41) is 0. The SMILES string of the molecule is CC(=O)[C@@H]1C(=O)C=C(/C=C/c2ccccc2)C[C@H]1c1ccccc1. The van der Waals surface area contributed by atoms with Crippen LogP contribution in [0.5, 0.6) is 0 Å². The molecule has 0 amide bonds. The predicted octanol–water partition coefficient (Wildman–Crippen LogP) is 4.59. The van der Waals surface area contributed by atoms with Crippen LogP contribution in [-0.4, -0.2) is 11.6 Å². The first-order chi connectivity index (χ1) is 11.6. The van der Waals surface area contributed by atoms with Crippen molar-refractivity contribution in [3.8, 4) is 0 Å². The highest BCUT2D eigenvalue weighted by Crippen LogP contribution is 2.37. The van der Waals surface area contributed by atoms with Gasteiger partial charge >= 0.3 is 0 Å². The topological polar surface area (TPSA) is 34.1 Å². The second-order valence-electron chi connectivity index (χ2n) is 6.18. The molecule has 0 fully saturated rings. The van der Waals surface area contributed by atoms with Crippen molar-refractivity contribution in [3.05, 3.63) is 89.5 Å². The molecule has 1 aliphatic carbocycles. The molecule has 0 aromatic heterocycles. The summed E-state index contributed by atoms with van der Waals surface area (Å²) in [6, 6.07) is 19.8. The second kappa shape index (κ2) is 7.22. The molecule has 3 rings (SSSR count). The molecule has 24 heavy (non-hydrogen) atoms. The largest absolute Gasteiger partial charge is 0.299 e. The molecule has 2 aromatic carbocycles. The molecule has 120 valence electrons. The van der Waals surface area contributed by atoms with E-state index in [2.05, 4.69) is 0 Å². The molecule has 0 saturated carbocycles. The zero-order valence-electron chi connectivity index (χ0n) is 13.7. The lowest BCUT2D eigenvalue weighted by atomic mass is 9.73. The molecule has 2 atom stereocenters. The lowest BCUT2D eigenvalue weighted by molar-refractivity contribution is -0.130. The average molecular weight is 316 g/mol. The Labute approximate surface area is 142 Å². The first kappa shape index (κ1) is 16.1. The van der Waals surface area contributed by atoms with Crippen LogP contribution in [0.3, 0.4) is 0 Å². The molecule has 0 aliphatic heterocycles. The van der Waals surface area contributed by atoms with E-state index in [0.29, 0.717) is 6.42 Å². The summed E-state index contributed by atoms with van der Waals surface area (Å²) in [4.78, 5) is 24.5. The summed E-state index contributed by atoms with van der Waals surface area (Å²) in [5.74, 6) is -0.801. The molecule has 0 N–H and O–H groups in total. The maximum Gasteiger partial charge on any atom is 0.167 e. The van der Waals surface area contributed by atoms with Crippen LogP contribution in [0.4, 0.5) is 0 Å². The van der Waals surface area contributed by atoms with E-state index in [-0.39, 0.29) is 17.5 Å². The third-order valence-corrected chi connectivity index (χ3v) is 4.45. The van der Waals surface area contributed by atoms with Gasteiger partial charge in [0.25, 0.3) is 0 Å². The van der Waals surface area contributed by atoms with Crippen molar-refractivity contribution in [2.45, 2.75) is 19.3 Å². The fraction of sp³-hybridized carbons (Fsp3) is 0.182. The summed E-state index contributed by atoms with van der Waals surface area (Å²) in [7, 11) is 0. The molecule has 0 unspecified atom stereocenters. The zero-order valence-corrected chi connectivity index (χ0v) is 13.7. The average Bonchev–Trinajstić information content (AvgIpc) is 2.60. The number of Topliss-reactive ketones (excluding diaryl/α,β-unsaturated/α-hetero) is 1. The highest BCUT2D eigenvalue weighted by molar-refractivity contribution is 6.09. The van der Waals surface area contributed by atoms with E-state index in [1.807, 2.05) is 72.8 Å². The van der Waals surface area contributed by atoms with Crippen LogP contribution in [-0.2, 0) is 9.59 Å². The molecular weight excluding hydrogens is 296 g/mol. The van der Waals surface area contributed by atoms with E-state index in [0.717, 1.165) is 16.7 Å². The first-order valence-electron chi connectivity index (χ1n) is 8.18. The number of rotatable bonds is 4. The number of carbonyl (C=O) groups excluding carboxylic acids is 2. The van der Waals surface area contributed by atoms with Gasteiger partial charge in [-0.1, -0.05) is 72.8 Å². The highest BCUT2D eigenvalue weighted by Gasteiger charge is 2.35. The maximum absolute atomic E-state index is 12.5. The van der Waals surface area contributed by atoms with Crippen LogP contribution in [0.2, 0.25) is 0 Å². The van der Waals surface area contributed by atoms with Gasteiger partial charge in [0.1, 0.15) is 5.78 Å². The maximum atomic E-state index is 12.5. The van der Waals surface area contributed by atoms with Crippen molar-refractivity contribution < 1.29 is 9.59 Å². The summed E-state index contributed by atoms with van der Waals surface area (Å²) in [6.45, 7) is 1.51. The number of carbonyl (C=O) groups is 2. The minimum Gasteiger partial charge on any atom is -0.299 e. The molecule has 2 aromatic rings. The van der Waals surface area contributed by atoms with Gasteiger partial charge in [-0.05, 0) is 36.1 Å². The Hall–Kier alpha value is -2.74. The lowest BCUT2D eigenvalue weighted by Crippen LogP contribution is -2.31. The molecule has 0 radical (unpaired) electrons. The fourth-order valence-electron chi connectivity index (χ4n) is 3.28. The number of hydrogen-bond acceptors (Lipinski definition) is 2. The van der Waals surface area contributed by atoms with Crippen LogP contribution in [0, 0.1) is 5.92 Å². The lowest BCUT2D eigenvalue weighted by Gasteiger charge is -2.28. The minimum absolute atomic E-state index is 0.0591. The quantitative estimate of drug-likeness (QED) is 0.773. The Bertz CT molecular complexity index is 785. The third kappa shape index (κ3) is 3.60. The molecule has 1 aliphatic rings. The Balaban J connectivity index is 1.90. The highest BCUT2D eigenvalue weighted by atomic mass is 16.1. The summed E-state index contributed by atoms with van der Waals surface area (Å²) in [6.07, 6.45) is 6.32. The van der Waals surface area contributed by atoms with Crippen LogP contribution >= 0.6 is 0 Å². The van der Waals surface area contributed by atoms with Gasteiger partial charge in [0.2, 0.25) is 0 Å². The first-order valence-corrected chi connectivity index (χ1v) is 8.18. The zero-order chi connectivity index (χ0) is 16.9. The van der Waals surface area contributed by atoms with E-state index in [1.54, 1.807) is 6.08 Å². The van der Waals surface area contributed by atoms with Gasteiger partial charge in [-0.2, -0.15) is 0 Å². The second-order valence-corrected chi connectivity index (χ2v) is 6.18. The van der Waals surface area contributed by atoms with Gasteiger partial charge in [-0.15, -0.1) is 0 Å². The van der Waals surface area contributed by atoms with E-state index in [1.165, 1.54) is 6.92 Å². The van der Waals surface area contributed by atoms with Crippen LogP contribution in [0.15, 0.2) is 78.4 Å². The van der Waals surface area contributed by atoms with E-state index in [4.69, 9.17) is 0 Å². The molecule has 0 heterocycles. The van der Waals surface area contributed by atoms with Crippen LogP contribution < -0.4 is 0 Å². The standard InChI is InChI=1S/C22H20O2/c1-16(23)22-20(19-10-6-3-7-11-19)14-18(15-21(22)24)13-12-17-8-4-2-5-9-17/h2-13,15,20,22H,14H2,1H3/b13-12+/t20-,22-/m0/s1. The third-order valence-electron chi connectivity index (χ3n) is 4.45. The van der Waals surface area contributed by atoms with Crippen molar-refractivity contribution >= 4 is 17.6 Å². The van der Waals surface area contributed by atoms with Gasteiger partial charge < -0.3 is 0 Å². The number of benzene rings is 2. The Morgan fingerprint density at radius 2 is 1.58 bits per heavy atom. The molecule has 0 spiro atoms. The van der Waals surface area contributed by atoms with Gasteiger partial charge in [0.15, 0.2) is 5.78 Å². The van der Waals surface area contributed by atoms with Crippen molar-refractivity contribution in [2.24, 2.45) is 5.92 Å². The Morgan fingerprint density at radius 1 is 0.958 bits per heavy atom. The van der Waals surface area contributed by atoms with Gasteiger partial charge in [-0.3, -0.25) is 9.59 Å². The normalized spacial score (nSPS) is 20.9.